The van der Waals surface area contributed by atoms with Crippen LogP contribution in [0.2, 0.25) is 0 Å². The largest absolute Gasteiger partial charge is 1.00 e. The van der Waals surface area contributed by atoms with Crippen LogP contribution in [0, 0.1) is 6.92 Å². The summed E-state index contributed by atoms with van der Waals surface area (Å²) < 4.78 is 0. The maximum atomic E-state index is 11.2. The first-order valence-corrected chi connectivity index (χ1v) is 9.55. The number of hydrogen-bond acceptors (Lipinski definition) is 9. The molecule has 3 aromatic heterocycles. The van der Waals surface area contributed by atoms with Gasteiger partial charge in [0.15, 0.2) is 10.3 Å². The Morgan fingerprint density at radius 2 is 2.07 bits per heavy atom. The van der Waals surface area contributed by atoms with E-state index < -0.39 is 0 Å². The number of benzene rings is 1. The molecule has 0 fully saturated rings. The molecule has 136 valence electrons. The van der Waals surface area contributed by atoms with Gasteiger partial charge in [-0.15, -0.1) is 11.3 Å². The SMILES string of the molecule is CC(=O)Nc1nc(C)c(-c2csc(Nc3cccc(-c4nnn[n-]4)c3)n2)s1.[K+]. The Morgan fingerprint density at radius 3 is 2.82 bits per heavy atom. The molecule has 12 heteroatoms. The number of amides is 1. The molecule has 2 N–H and O–H groups in total. The normalized spacial score (nSPS) is 10.4. The van der Waals surface area contributed by atoms with Crippen LogP contribution in [-0.4, -0.2) is 31.4 Å². The third-order valence-corrected chi connectivity index (χ3v) is 5.36. The van der Waals surface area contributed by atoms with Crippen LogP contribution in [0.4, 0.5) is 16.0 Å². The van der Waals surface area contributed by atoms with Crippen molar-refractivity contribution >= 4 is 44.5 Å². The number of thiazole rings is 2. The smallest absolute Gasteiger partial charge is 0.332 e. The minimum absolute atomic E-state index is 0. The van der Waals surface area contributed by atoms with Crippen molar-refractivity contribution < 1.29 is 56.2 Å². The molecule has 0 bridgehead atoms. The fraction of sp³-hybridized carbons (Fsp3) is 0.125. The number of nitrogens with zero attached hydrogens (tertiary/aromatic N) is 6. The molecule has 1 aromatic carbocycles. The second kappa shape index (κ2) is 9.30. The van der Waals surface area contributed by atoms with E-state index in [1.165, 1.54) is 29.6 Å². The Kier molecular flexibility index (Phi) is 7.03. The van der Waals surface area contributed by atoms with Gasteiger partial charge in [0.1, 0.15) is 0 Å². The minimum atomic E-state index is -0.144. The summed E-state index contributed by atoms with van der Waals surface area (Å²) in [5, 5.41) is 24.0. The Labute approximate surface area is 210 Å². The Morgan fingerprint density at radius 1 is 1.21 bits per heavy atom. The summed E-state index contributed by atoms with van der Waals surface area (Å²) >= 11 is 2.89. The van der Waals surface area contributed by atoms with Gasteiger partial charge < -0.3 is 15.7 Å². The van der Waals surface area contributed by atoms with E-state index in [0.29, 0.717) is 11.0 Å². The molecule has 4 rings (SSSR count). The molecule has 0 aliphatic heterocycles. The first-order chi connectivity index (χ1) is 13.1. The third-order valence-electron chi connectivity index (χ3n) is 3.51. The number of anilines is 3. The predicted octanol–water partition coefficient (Wildman–Crippen LogP) is 0.0902. The zero-order valence-corrected chi connectivity index (χ0v) is 20.1. The monoisotopic (exact) mass is 436 g/mol. The maximum Gasteiger partial charge on any atom is 1.00 e. The third kappa shape index (κ3) is 4.89. The Balaban J connectivity index is 0.00000225. The molecule has 0 spiro atoms. The van der Waals surface area contributed by atoms with E-state index in [-0.39, 0.29) is 57.3 Å². The summed E-state index contributed by atoms with van der Waals surface area (Å²) in [4.78, 5) is 21.1. The van der Waals surface area contributed by atoms with E-state index in [2.05, 4.69) is 41.2 Å². The zero-order valence-electron chi connectivity index (χ0n) is 15.3. The Hall–Kier alpha value is -1.54. The van der Waals surface area contributed by atoms with Crippen molar-refractivity contribution in [3.63, 3.8) is 0 Å². The molecule has 0 radical (unpaired) electrons. The molecule has 9 nitrogen and oxygen atoms in total. The number of aryl methyl sites for hydroxylation is 1. The summed E-state index contributed by atoms with van der Waals surface area (Å²) in [5.74, 6) is 0.333. The summed E-state index contributed by atoms with van der Waals surface area (Å²) in [6.45, 7) is 3.36. The van der Waals surface area contributed by atoms with Crippen LogP contribution in [0.1, 0.15) is 12.6 Å². The van der Waals surface area contributed by atoms with E-state index in [0.717, 1.165) is 32.6 Å². The molecule has 3 heterocycles. The number of carbonyl (C=O) groups excluding carboxylic acids is 1. The summed E-state index contributed by atoms with van der Waals surface area (Å²) in [7, 11) is 0. The van der Waals surface area contributed by atoms with Crippen molar-refractivity contribution in [2.45, 2.75) is 13.8 Å². The van der Waals surface area contributed by atoms with Crippen molar-refractivity contribution in [2.75, 3.05) is 10.6 Å². The number of aromatic nitrogens is 6. The fourth-order valence-electron chi connectivity index (χ4n) is 2.39. The van der Waals surface area contributed by atoms with Crippen LogP contribution in [0.15, 0.2) is 29.6 Å². The molecular formula is C16H13KN8OS2. The zero-order chi connectivity index (χ0) is 18.8. The van der Waals surface area contributed by atoms with E-state index in [9.17, 15) is 4.79 Å². The van der Waals surface area contributed by atoms with Gasteiger partial charge >= 0.3 is 51.4 Å². The van der Waals surface area contributed by atoms with Gasteiger partial charge in [0.05, 0.1) is 16.3 Å². The van der Waals surface area contributed by atoms with Crippen LogP contribution < -0.4 is 67.1 Å². The van der Waals surface area contributed by atoms with Gasteiger partial charge in [-0.2, -0.15) is 5.21 Å². The van der Waals surface area contributed by atoms with Gasteiger partial charge in [-0.05, 0) is 24.6 Å². The van der Waals surface area contributed by atoms with Crippen molar-refractivity contribution in [3.05, 3.63) is 35.3 Å². The molecule has 0 aliphatic carbocycles. The van der Waals surface area contributed by atoms with Crippen LogP contribution in [0.3, 0.4) is 0 Å². The van der Waals surface area contributed by atoms with Crippen molar-refractivity contribution in [2.24, 2.45) is 0 Å². The second-order valence-corrected chi connectivity index (χ2v) is 7.42. The molecular weight excluding hydrogens is 423 g/mol. The van der Waals surface area contributed by atoms with Gasteiger partial charge in [0.25, 0.3) is 0 Å². The predicted molar refractivity (Wildman–Crippen MR) is 104 cm³/mol. The number of hydrogen-bond donors (Lipinski definition) is 2. The second-order valence-electron chi connectivity index (χ2n) is 5.56. The number of rotatable bonds is 5. The summed E-state index contributed by atoms with van der Waals surface area (Å²) in [5.41, 5.74) is 3.33. The maximum absolute atomic E-state index is 11.2. The van der Waals surface area contributed by atoms with E-state index in [1.54, 1.807) is 0 Å². The van der Waals surface area contributed by atoms with Gasteiger partial charge in [0.2, 0.25) is 5.91 Å². The first-order valence-electron chi connectivity index (χ1n) is 7.85. The molecule has 0 unspecified atom stereocenters. The van der Waals surface area contributed by atoms with Gasteiger partial charge in [0, 0.05) is 23.8 Å². The van der Waals surface area contributed by atoms with Crippen LogP contribution in [-0.2, 0) is 4.79 Å². The standard InChI is InChI=1S/C16H14N8OS2.K/c1-8-13(27-16(17-8)18-9(2)25)12-7-26-15(20-12)19-11-5-3-4-10(6-11)14-21-23-24-22-14;/h3-7H,1-2H3,(H3,17,18,19,20,21,22,23,24,25);/q;+1/p-1. The molecule has 0 saturated heterocycles. The van der Waals surface area contributed by atoms with Gasteiger partial charge in [-0.25, -0.2) is 9.97 Å². The average Bonchev–Trinajstić information content (AvgIpc) is 3.36. The number of nitrogens with one attached hydrogen (secondary N) is 2. The van der Waals surface area contributed by atoms with E-state index >= 15 is 0 Å². The quantitative estimate of drug-likeness (QED) is 0.423. The van der Waals surface area contributed by atoms with Crippen LogP contribution in [0.5, 0.6) is 0 Å². The Bertz CT molecular complexity index is 1090. The van der Waals surface area contributed by atoms with Gasteiger partial charge in [-0.1, -0.05) is 23.5 Å². The molecule has 4 aromatic rings. The van der Waals surface area contributed by atoms with Crippen molar-refractivity contribution in [1.82, 2.24) is 30.6 Å². The average molecular weight is 437 g/mol. The summed E-state index contributed by atoms with van der Waals surface area (Å²) in [6.07, 6.45) is 0. The molecule has 0 aliphatic rings. The topological polar surface area (TPSA) is 120 Å². The van der Waals surface area contributed by atoms with Crippen molar-refractivity contribution in [3.8, 4) is 22.0 Å². The summed E-state index contributed by atoms with van der Waals surface area (Å²) in [6, 6.07) is 7.63. The molecule has 1 amide bonds. The van der Waals surface area contributed by atoms with Crippen molar-refractivity contribution in [1.29, 1.82) is 0 Å². The molecule has 28 heavy (non-hydrogen) atoms. The minimum Gasteiger partial charge on any atom is -0.332 e. The molecule has 0 saturated carbocycles. The number of carbonyl (C=O) groups is 1. The first kappa shape index (κ1) is 21.2. The van der Waals surface area contributed by atoms with Crippen LogP contribution >= 0.6 is 22.7 Å². The van der Waals surface area contributed by atoms with Crippen LogP contribution in [0.25, 0.3) is 22.0 Å². The van der Waals surface area contributed by atoms with E-state index in [1.807, 2.05) is 36.6 Å². The fourth-order valence-corrected chi connectivity index (χ4v) is 4.16. The van der Waals surface area contributed by atoms with E-state index in [4.69, 9.17) is 0 Å². The number of tetrazole rings is 1. The molecule has 0 atom stereocenters. The van der Waals surface area contributed by atoms with Gasteiger partial charge in [-0.3, -0.25) is 15.1 Å².